The van der Waals surface area contributed by atoms with Crippen molar-refractivity contribution < 1.29 is 27.1 Å². The number of nitrogens with two attached hydrogens (primary N) is 1. The number of amides is 1. The van der Waals surface area contributed by atoms with Gasteiger partial charge in [-0.1, -0.05) is 6.07 Å². The molecule has 1 unspecified atom stereocenters. The molecule has 0 aromatic carbocycles. The van der Waals surface area contributed by atoms with Gasteiger partial charge in [0.2, 0.25) is 11.8 Å². The zero-order valence-electron chi connectivity index (χ0n) is 10.9. The number of ether oxygens (including phenoxy) is 1. The fourth-order valence-corrected chi connectivity index (χ4v) is 2.26. The van der Waals surface area contributed by atoms with E-state index in [1.807, 2.05) is 0 Å². The molecule has 0 aliphatic carbocycles. The van der Waals surface area contributed by atoms with Crippen LogP contribution in [0.4, 0.5) is 17.6 Å². The van der Waals surface area contributed by atoms with Gasteiger partial charge < -0.3 is 10.5 Å². The van der Waals surface area contributed by atoms with Crippen LogP contribution >= 0.6 is 11.3 Å². The van der Waals surface area contributed by atoms with Gasteiger partial charge in [0.1, 0.15) is 10.6 Å². The Kier molecular flexibility index (Phi) is 4.65. The summed E-state index contributed by atoms with van der Waals surface area (Å²) in [5, 5.41) is 1.17. The predicted molar refractivity (Wildman–Crippen MR) is 71.3 cm³/mol. The van der Waals surface area contributed by atoms with Crippen molar-refractivity contribution in [3.05, 3.63) is 40.2 Å². The van der Waals surface area contributed by atoms with Crippen LogP contribution in [-0.4, -0.2) is 10.9 Å². The number of halogens is 4. The third-order valence-corrected chi connectivity index (χ3v) is 3.48. The number of primary amides is 1. The lowest BCUT2D eigenvalue weighted by atomic mass is 10.2. The second-order valence-electron chi connectivity index (χ2n) is 4.29. The van der Waals surface area contributed by atoms with Crippen LogP contribution < -0.4 is 10.5 Å². The number of carbonyl (C=O) groups excluding carboxylic acids is 1. The maximum absolute atomic E-state index is 13.7. The van der Waals surface area contributed by atoms with Crippen LogP contribution in [0.5, 0.6) is 11.6 Å². The lowest BCUT2D eigenvalue weighted by molar-refractivity contribution is -0.134. The molecule has 0 fully saturated rings. The first-order valence-electron chi connectivity index (χ1n) is 5.98. The van der Waals surface area contributed by atoms with Crippen molar-refractivity contribution in [1.82, 2.24) is 4.98 Å². The van der Waals surface area contributed by atoms with Crippen LogP contribution in [0.2, 0.25) is 0 Å². The maximum atomic E-state index is 13.7. The molecule has 1 atom stereocenters. The summed E-state index contributed by atoms with van der Waals surface area (Å²) in [5.74, 6) is -0.947. The highest BCUT2D eigenvalue weighted by atomic mass is 32.1. The topological polar surface area (TPSA) is 65.2 Å². The first-order valence-corrected chi connectivity index (χ1v) is 6.86. The molecule has 1 amide bonds. The van der Waals surface area contributed by atoms with Gasteiger partial charge in [-0.15, -0.1) is 11.3 Å². The number of thiophene rings is 1. The van der Waals surface area contributed by atoms with E-state index < -0.39 is 29.6 Å². The monoisotopic (exact) mass is 334 g/mol. The quantitative estimate of drug-likeness (QED) is 0.845. The molecule has 0 aliphatic rings. The van der Waals surface area contributed by atoms with Crippen molar-refractivity contribution in [1.29, 1.82) is 0 Å². The standard InChI is InChI=1S/C13H10F4N2O2S/c14-8(5-11(18)20)9-2-1-3-12(19-9)21-7-4-10(22-6-7)13(15,16)17/h1-4,6,8H,5H2,(H2,18,20). The zero-order valence-corrected chi connectivity index (χ0v) is 11.7. The number of nitrogens with zero attached hydrogens (tertiary/aromatic N) is 1. The Hall–Kier alpha value is -2.16. The Morgan fingerprint density at radius 1 is 1.41 bits per heavy atom. The number of aromatic nitrogens is 1. The second-order valence-corrected chi connectivity index (χ2v) is 5.20. The molecule has 9 heteroatoms. The summed E-state index contributed by atoms with van der Waals surface area (Å²) >= 11 is 0.482. The van der Waals surface area contributed by atoms with E-state index in [0.29, 0.717) is 11.3 Å². The maximum Gasteiger partial charge on any atom is 0.425 e. The van der Waals surface area contributed by atoms with Crippen LogP contribution in [0, 0.1) is 0 Å². The summed E-state index contributed by atoms with van der Waals surface area (Å²) in [5.41, 5.74) is 4.81. The van der Waals surface area contributed by atoms with Gasteiger partial charge in [0.25, 0.3) is 0 Å². The van der Waals surface area contributed by atoms with Crippen LogP contribution in [0.15, 0.2) is 29.6 Å². The summed E-state index contributed by atoms with van der Waals surface area (Å²) < 4.78 is 56.3. The molecule has 2 heterocycles. The van der Waals surface area contributed by atoms with Crippen LogP contribution in [0.1, 0.15) is 23.2 Å². The van der Waals surface area contributed by atoms with Crippen molar-refractivity contribution in [3.63, 3.8) is 0 Å². The van der Waals surface area contributed by atoms with Gasteiger partial charge in [0.05, 0.1) is 12.1 Å². The SMILES string of the molecule is NC(=O)CC(F)c1cccc(Oc2csc(C(F)(F)F)c2)n1. The minimum atomic E-state index is -4.45. The van der Waals surface area contributed by atoms with Crippen molar-refractivity contribution in [2.45, 2.75) is 18.8 Å². The Morgan fingerprint density at radius 2 is 2.14 bits per heavy atom. The Morgan fingerprint density at radius 3 is 2.73 bits per heavy atom. The summed E-state index contributed by atoms with van der Waals surface area (Å²) in [6.45, 7) is 0. The van der Waals surface area contributed by atoms with E-state index in [0.717, 1.165) is 6.07 Å². The average Bonchev–Trinajstić information content (AvgIpc) is 2.86. The number of alkyl halides is 4. The van der Waals surface area contributed by atoms with Crippen molar-refractivity contribution >= 4 is 17.2 Å². The van der Waals surface area contributed by atoms with Crippen LogP contribution in [0.25, 0.3) is 0 Å². The lowest BCUT2D eigenvalue weighted by Gasteiger charge is -2.08. The summed E-state index contributed by atoms with van der Waals surface area (Å²) in [7, 11) is 0. The minimum Gasteiger partial charge on any atom is -0.438 e. The van der Waals surface area contributed by atoms with E-state index >= 15 is 0 Å². The molecule has 22 heavy (non-hydrogen) atoms. The molecule has 2 aromatic heterocycles. The molecular formula is C13H10F4N2O2S. The average molecular weight is 334 g/mol. The smallest absolute Gasteiger partial charge is 0.425 e. The summed E-state index contributed by atoms with van der Waals surface area (Å²) in [6, 6.07) is 4.94. The van der Waals surface area contributed by atoms with Gasteiger partial charge in [0, 0.05) is 17.5 Å². The molecule has 0 bridgehead atoms. The van der Waals surface area contributed by atoms with Crippen molar-refractivity contribution in [2.24, 2.45) is 5.73 Å². The van der Waals surface area contributed by atoms with E-state index in [1.54, 1.807) is 0 Å². The molecule has 118 valence electrons. The van der Waals surface area contributed by atoms with E-state index in [-0.39, 0.29) is 17.3 Å². The first kappa shape index (κ1) is 16.2. The molecule has 2 N–H and O–H groups in total. The highest BCUT2D eigenvalue weighted by Gasteiger charge is 2.32. The number of carbonyl (C=O) groups is 1. The van der Waals surface area contributed by atoms with Crippen LogP contribution in [-0.2, 0) is 11.0 Å². The number of hydrogen-bond acceptors (Lipinski definition) is 4. The summed E-state index contributed by atoms with van der Waals surface area (Å²) in [6.07, 6.45) is -6.69. The van der Waals surface area contributed by atoms with E-state index in [2.05, 4.69) is 4.98 Å². The molecule has 2 rings (SSSR count). The van der Waals surface area contributed by atoms with Crippen molar-refractivity contribution in [2.75, 3.05) is 0 Å². The number of rotatable bonds is 5. The highest BCUT2D eigenvalue weighted by Crippen LogP contribution is 2.37. The Bertz CT molecular complexity index is 672. The molecule has 0 saturated heterocycles. The van der Waals surface area contributed by atoms with Gasteiger partial charge in [-0.3, -0.25) is 4.79 Å². The number of hydrogen-bond donors (Lipinski definition) is 1. The molecular weight excluding hydrogens is 324 g/mol. The Labute approximate surface area is 126 Å². The highest BCUT2D eigenvalue weighted by molar-refractivity contribution is 7.10. The molecule has 0 radical (unpaired) electrons. The minimum absolute atomic E-state index is 0.0488. The largest absolute Gasteiger partial charge is 0.438 e. The fraction of sp³-hybridized carbons (Fsp3) is 0.231. The van der Waals surface area contributed by atoms with Crippen LogP contribution in [0.3, 0.4) is 0 Å². The zero-order chi connectivity index (χ0) is 16.3. The van der Waals surface area contributed by atoms with Crippen molar-refractivity contribution in [3.8, 4) is 11.6 Å². The first-order chi connectivity index (χ1) is 10.3. The predicted octanol–water partition coefficient (Wildman–Crippen LogP) is 3.84. The second kappa shape index (κ2) is 6.30. The number of pyridine rings is 1. The summed E-state index contributed by atoms with van der Waals surface area (Å²) in [4.78, 5) is 13.7. The Balaban J connectivity index is 2.13. The van der Waals surface area contributed by atoms with Gasteiger partial charge in [-0.05, 0) is 6.07 Å². The van der Waals surface area contributed by atoms with Gasteiger partial charge in [-0.2, -0.15) is 13.2 Å². The molecule has 4 nitrogen and oxygen atoms in total. The van der Waals surface area contributed by atoms with E-state index in [9.17, 15) is 22.4 Å². The van der Waals surface area contributed by atoms with Gasteiger partial charge >= 0.3 is 6.18 Å². The third kappa shape index (κ3) is 4.17. The molecule has 0 spiro atoms. The molecule has 0 saturated carbocycles. The van der Waals surface area contributed by atoms with Gasteiger partial charge in [0.15, 0.2) is 6.17 Å². The fourth-order valence-electron chi connectivity index (χ4n) is 1.59. The van der Waals surface area contributed by atoms with E-state index in [1.165, 1.54) is 23.6 Å². The molecule has 2 aromatic rings. The third-order valence-electron chi connectivity index (χ3n) is 2.52. The lowest BCUT2D eigenvalue weighted by Crippen LogP contribution is -2.13. The normalized spacial score (nSPS) is 12.9. The van der Waals surface area contributed by atoms with E-state index in [4.69, 9.17) is 10.5 Å². The van der Waals surface area contributed by atoms with Gasteiger partial charge in [-0.25, -0.2) is 9.37 Å². The molecule has 0 aliphatic heterocycles.